The van der Waals surface area contributed by atoms with Gasteiger partial charge in [0.25, 0.3) is 5.91 Å². The number of amides is 2. The molecule has 0 saturated carbocycles. The highest BCUT2D eigenvalue weighted by Gasteiger charge is 2.20. The van der Waals surface area contributed by atoms with Crippen molar-refractivity contribution in [1.29, 1.82) is 0 Å². The summed E-state index contributed by atoms with van der Waals surface area (Å²) in [6.07, 6.45) is -0.765. The fourth-order valence-electron chi connectivity index (χ4n) is 2.37. The summed E-state index contributed by atoms with van der Waals surface area (Å²) >= 11 is 12.1. The van der Waals surface area contributed by atoms with Crippen LogP contribution in [0.15, 0.2) is 42.5 Å². The van der Waals surface area contributed by atoms with Crippen molar-refractivity contribution in [1.82, 2.24) is 5.32 Å². The van der Waals surface area contributed by atoms with Gasteiger partial charge in [-0.1, -0.05) is 41.4 Å². The molecule has 2 atom stereocenters. The Hall–Kier alpha value is -2.24. The molecule has 0 fully saturated rings. The molecule has 2 amide bonds. The first-order valence-corrected chi connectivity index (χ1v) is 8.82. The van der Waals surface area contributed by atoms with Gasteiger partial charge in [0, 0.05) is 17.0 Å². The van der Waals surface area contributed by atoms with Crippen LogP contribution in [0, 0.1) is 0 Å². The third kappa shape index (κ3) is 5.38. The molecule has 5 nitrogen and oxygen atoms in total. The van der Waals surface area contributed by atoms with Gasteiger partial charge in [-0.15, -0.1) is 0 Å². The van der Waals surface area contributed by atoms with Crippen LogP contribution in [-0.4, -0.2) is 17.9 Å². The average molecular weight is 395 g/mol. The molecule has 2 aromatic rings. The first kappa shape index (κ1) is 20.1. The summed E-state index contributed by atoms with van der Waals surface area (Å²) in [5.41, 5.74) is 1.27. The minimum Gasteiger partial charge on any atom is -0.479 e. The summed E-state index contributed by atoms with van der Waals surface area (Å²) in [6.45, 7) is 4.87. The zero-order valence-corrected chi connectivity index (χ0v) is 16.2. The number of carbonyl (C=O) groups is 2. The van der Waals surface area contributed by atoms with Gasteiger partial charge in [0.05, 0.1) is 11.7 Å². The van der Waals surface area contributed by atoms with Gasteiger partial charge < -0.3 is 15.4 Å². The summed E-state index contributed by atoms with van der Waals surface area (Å²) in [5, 5.41) is 6.54. The normalized spacial score (nSPS) is 12.8. The van der Waals surface area contributed by atoms with Crippen LogP contribution in [0.25, 0.3) is 0 Å². The fourth-order valence-corrected chi connectivity index (χ4v) is 2.94. The number of nitrogens with one attached hydrogen (secondary N) is 2. The molecule has 2 N–H and O–H groups in total. The lowest BCUT2D eigenvalue weighted by atomic mass is 10.1. The Balaban J connectivity index is 2.05. The van der Waals surface area contributed by atoms with E-state index in [4.69, 9.17) is 27.9 Å². The zero-order valence-electron chi connectivity index (χ0n) is 14.7. The first-order valence-electron chi connectivity index (χ1n) is 8.06. The van der Waals surface area contributed by atoms with Crippen LogP contribution in [-0.2, 0) is 9.59 Å². The topological polar surface area (TPSA) is 67.4 Å². The molecule has 0 heterocycles. The first-order chi connectivity index (χ1) is 12.3. The Kier molecular flexibility index (Phi) is 6.89. The number of halogens is 2. The highest BCUT2D eigenvalue weighted by Crippen LogP contribution is 2.27. The number of benzene rings is 2. The lowest BCUT2D eigenvalue weighted by Gasteiger charge is -2.21. The molecule has 0 saturated heterocycles. The van der Waals surface area contributed by atoms with Gasteiger partial charge in [0.1, 0.15) is 5.75 Å². The van der Waals surface area contributed by atoms with Crippen LogP contribution < -0.4 is 15.4 Å². The highest BCUT2D eigenvalue weighted by molar-refractivity contribution is 6.35. The fraction of sp³-hybridized carbons (Fsp3) is 0.263. The molecule has 0 aromatic heterocycles. The van der Waals surface area contributed by atoms with E-state index in [0.29, 0.717) is 21.5 Å². The maximum Gasteiger partial charge on any atom is 0.261 e. The maximum absolute atomic E-state index is 12.5. The van der Waals surface area contributed by atoms with Crippen LogP contribution in [0.4, 0.5) is 5.69 Å². The van der Waals surface area contributed by atoms with Crippen molar-refractivity contribution >= 4 is 40.7 Å². The molecule has 0 aliphatic rings. The van der Waals surface area contributed by atoms with Crippen LogP contribution >= 0.6 is 23.2 Å². The smallest absolute Gasteiger partial charge is 0.261 e. The Labute approximate surface area is 162 Å². The van der Waals surface area contributed by atoms with E-state index in [1.807, 2.05) is 6.92 Å². The van der Waals surface area contributed by atoms with Crippen molar-refractivity contribution in [2.75, 3.05) is 5.32 Å². The Morgan fingerprint density at radius 2 is 1.77 bits per heavy atom. The van der Waals surface area contributed by atoms with E-state index >= 15 is 0 Å². The molecule has 138 valence electrons. The Morgan fingerprint density at radius 1 is 1.08 bits per heavy atom. The Bertz CT molecular complexity index is 811. The second-order valence-electron chi connectivity index (χ2n) is 5.83. The number of carbonyl (C=O) groups excluding carboxylic acids is 2. The molecule has 26 heavy (non-hydrogen) atoms. The molecule has 0 radical (unpaired) electrons. The standard InChI is InChI=1S/C19H20Cl2N2O3/c1-11(15-9-8-14(20)10-16(15)21)22-19(25)12(2)26-18-7-5-4-6-17(18)23-13(3)24/h4-12H,1-3H3,(H,22,25)(H,23,24)/t11-,12+/m1/s1. The second-order valence-corrected chi connectivity index (χ2v) is 6.68. The van der Waals surface area contributed by atoms with Crippen molar-refractivity contribution in [3.05, 3.63) is 58.1 Å². The van der Waals surface area contributed by atoms with Gasteiger partial charge >= 0.3 is 0 Å². The van der Waals surface area contributed by atoms with Crippen LogP contribution in [0.5, 0.6) is 5.75 Å². The van der Waals surface area contributed by atoms with Crippen molar-refractivity contribution in [3.8, 4) is 5.75 Å². The number of anilines is 1. The maximum atomic E-state index is 12.5. The SMILES string of the molecule is CC(=O)Nc1ccccc1O[C@@H](C)C(=O)N[C@H](C)c1ccc(Cl)cc1Cl. The van der Waals surface area contributed by atoms with Crippen LogP contribution in [0.2, 0.25) is 10.0 Å². The zero-order chi connectivity index (χ0) is 19.3. The van der Waals surface area contributed by atoms with Crippen molar-refractivity contribution in [3.63, 3.8) is 0 Å². The second kappa shape index (κ2) is 8.92. The quantitative estimate of drug-likeness (QED) is 0.752. The molecule has 0 bridgehead atoms. The van der Waals surface area contributed by atoms with E-state index in [9.17, 15) is 9.59 Å². The van der Waals surface area contributed by atoms with E-state index in [1.54, 1.807) is 49.4 Å². The van der Waals surface area contributed by atoms with E-state index in [0.717, 1.165) is 5.56 Å². The van der Waals surface area contributed by atoms with Crippen molar-refractivity contribution in [2.45, 2.75) is 32.9 Å². The lowest BCUT2D eigenvalue weighted by Crippen LogP contribution is -2.38. The van der Waals surface area contributed by atoms with Crippen LogP contribution in [0.1, 0.15) is 32.4 Å². The van der Waals surface area contributed by atoms with E-state index in [2.05, 4.69) is 10.6 Å². The number of para-hydroxylation sites is 2. The summed E-state index contributed by atoms with van der Waals surface area (Å²) in [4.78, 5) is 23.7. The van der Waals surface area contributed by atoms with Crippen molar-refractivity contribution < 1.29 is 14.3 Å². The minimum atomic E-state index is -0.765. The van der Waals surface area contributed by atoms with Crippen molar-refractivity contribution in [2.24, 2.45) is 0 Å². The van der Waals surface area contributed by atoms with Gasteiger partial charge in [-0.3, -0.25) is 9.59 Å². The molecule has 0 unspecified atom stereocenters. The number of rotatable bonds is 6. The minimum absolute atomic E-state index is 0.218. The Morgan fingerprint density at radius 3 is 2.42 bits per heavy atom. The summed E-state index contributed by atoms with van der Waals surface area (Å²) < 4.78 is 5.71. The van der Waals surface area contributed by atoms with E-state index < -0.39 is 6.10 Å². The third-order valence-electron chi connectivity index (χ3n) is 3.66. The molecular weight excluding hydrogens is 375 g/mol. The van der Waals surface area contributed by atoms with Gasteiger partial charge in [-0.2, -0.15) is 0 Å². The van der Waals surface area contributed by atoms with E-state index in [1.165, 1.54) is 6.92 Å². The molecule has 2 aromatic carbocycles. The summed E-state index contributed by atoms with van der Waals surface area (Å²) in [7, 11) is 0. The summed E-state index contributed by atoms with van der Waals surface area (Å²) in [6, 6.07) is 11.7. The third-order valence-corrected chi connectivity index (χ3v) is 4.22. The molecule has 0 aliphatic heterocycles. The predicted molar refractivity (Wildman–Crippen MR) is 104 cm³/mol. The highest BCUT2D eigenvalue weighted by atomic mass is 35.5. The molecular formula is C19H20Cl2N2O3. The predicted octanol–water partition coefficient (Wildman–Crippen LogP) is 4.60. The molecule has 7 heteroatoms. The largest absolute Gasteiger partial charge is 0.479 e. The number of hydrogen-bond acceptors (Lipinski definition) is 3. The monoisotopic (exact) mass is 394 g/mol. The number of hydrogen-bond donors (Lipinski definition) is 2. The van der Waals surface area contributed by atoms with Crippen LogP contribution in [0.3, 0.4) is 0 Å². The van der Waals surface area contributed by atoms with Gasteiger partial charge in [0.2, 0.25) is 5.91 Å². The number of ether oxygens (including phenoxy) is 1. The summed E-state index contributed by atoms with van der Waals surface area (Å²) in [5.74, 6) is -0.104. The van der Waals surface area contributed by atoms with Gasteiger partial charge in [-0.05, 0) is 43.7 Å². The van der Waals surface area contributed by atoms with Gasteiger partial charge in [0.15, 0.2) is 6.10 Å². The molecule has 2 rings (SSSR count). The molecule has 0 aliphatic carbocycles. The molecule has 0 spiro atoms. The lowest BCUT2D eigenvalue weighted by molar-refractivity contribution is -0.127. The van der Waals surface area contributed by atoms with Gasteiger partial charge in [-0.25, -0.2) is 0 Å². The average Bonchev–Trinajstić information content (AvgIpc) is 2.55. The van der Waals surface area contributed by atoms with E-state index in [-0.39, 0.29) is 17.9 Å².